The minimum Gasteiger partial charge on any atom is 2.00 e. The van der Waals surface area contributed by atoms with Crippen molar-refractivity contribution in [2.75, 3.05) is 0 Å². The summed E-state index contributed by atoms with van der Waals surface area (Å²) in [4.78, 5) is 0. The van der Waals surface area contributed by atoms with Gasteiger partial charge in [-0.2, -0.15) is 0 Å². The van der Waals surface area contributed by atoms with Gasteiger partial charge >= 0.3 is 92.4 Å². The normalized spacial score (nSPS) is 2.00. The fourth-order valence-electron chi connectivity index (χ4n) is 0. The fourth-order valence-corrected chi connectivity index (χ4v) is 0. The van der Waals surface area contributed by atoms with Gasteiger partial charge in [0.1, 0.15) is 0 Å². The number of hydrogen-bond donors (Lipinski definition) is 2. The summed E-state index contributed by atoms with van der Waals surface area (Å²) in [6, 6.07) is 0. The Morgan fingerprint density at radius 1 is 1.12 bits per heavy atom. The smallest absolute Gasteiger partial charge is 2.00 e. The van der Waals surface area contributed by atoms with Gasteiger partial charge in [0.2, 0.25) is 0 Å². The molecule has 0 spiro atoms. The Bertz CT molecular complexity index is 42.2. The zero-order valence-corrected chi connectivity index (χ0v) is 12.2. The first-order chi connectivity index (χ1) is 2.83. The maximum Gasteiger partial charge on any atom is 2.00 e. The SMILES string of the molecule is [Eu].[H-].[H-].[O]=[Al][OH].[O]=[Al][OH].[Sr+2]. The Kier molecular flexibility index (Phi) is 89.0. The number of rotatable bonds is 0. The maximum atomic E-state index is 8.57. The van der Waals surface area contributed by atoms with Crippen molar-refractivity contribution in [2.24, 2.45) is 0 Å². The maximum absolute atomic E-state index is 8.57. The summed E-state index contributed by atoms with van der Waals surface area (Å²) >= 11 is -3.00. The molecule has 43 valence electrons. The molecule has 0 saturated carbocycles. The van der Waals surface area contributed by atoms with Gasteiger partial charge in [-0.3, -0.25) is 0 Å². The average Bonchev–Trinajstić information content (AvgIpc) is 1.39. The van der Waals surface area contributed by atoms with Gasteiger partial charge in [-0.25, -0.2) is 0 Å². The molecule has 0 heterocycles. The van der Waals surface area contributed by atoms with Gasteiger partial charge in [0, 0.05) is 49.4 Å². The van der Waals surface area contributed by atoms with Gasteiger partial charge < -0.3 is 2.85 Å². The van der Waals surface area contributed by atoms with E-state index in [1.807, 2.05) is 0 Å². The first kappa shape index (κ1) is 22.5. The van der Waals surface area contributed by atoms with Gasteiger partial charge in [0.05, 0.1) is 0 Å². The Labute approximate surface area is 141 Å². The van der Waals surface area contributed by atoms with Crippen LogP contribution in [0.15, 0.2) is 0 Å². The van der Waals surface area contributed by atoms with Crippen molar-refractivity contribution in [2.45, 2.75) is 0 Å². The zero-order chi connectivity index (χ0) is 5.41. The molecule has 0 aromatic heterocycles. The summed E-state index contributed by atoms with van der Waals surface area (Å²) in [6.45, 7) is 0. The molecule has 0 aliphatic rings. The third-order valence-corrected chi connectivity index (χ3v) is 0. The molecule has 0 aliphatic carbocycles. The standard InChI is InChI=1S/2Al.Eu.2H2O.2O.Sr.2H/h;;;2*1H2;;;;;/q2*+1;;;;;;+2;2*-1/p-2. The van der Waals surface area contributed by atoms with E-state index in [4.69, 9.17) is 15.9 Å². The van der Waals surface area contributed by atoms with Crippen LogP contribution in [0.5, 0.6) is 0 Å². The van der Waals surface area contributed by atoms with Crippen LogP contribution in [-0.2, 0) is 7.61 Å². The van der Waals surface area contributed by atoms with E-state index in [9.17, 15) is 0 Å². The van der Waals surface area contributed by atoms with Gasteiger partial charge in [0.15, 0.2) is 0 Å². The van der Waals surface area contributed by atoms with Crippen LogP contribution < -0.4 is 0 Å². The Morgan fingerprint density at radius 3 is 1.12 bits per heavy atom. The third-order valence-electron chi connectivity index (χ3n) is 0. The second kappa shape index (κ2) is 31.7. The molecule has 0 fully saturated rings. The van der Waals surface area contributed by atoms with E-state index in [1.165, 1.54) is 0 Å². The summed E-state index contributed by atoms with van der Waals surface area (Å²) in [7, 11) is 0. The van der Waals surface area contributed by atoms with Crippen molar-refractivity contribution >= 4 is 76.5 Å². The van der Waals surface area contributed by atoms with Crippen LogP contribution in [0.2, 0.25) is 0 Å². The van der Waals surface area contributed by atoms with Crippen LogP contribution in [0.25, 0.3) is 0 Å². The van der Waals surface area contributed by atoms with Crippen LogP contribution in [0, 0.1) is 49.4 Å². The average molecular weight is 362 g/mol. The van der Waals surface area contributed by atoms with E-state index in [0.29, 0.717) is 0 Å². The molecule has 4 nitrogen and oxygen atoms in total. The molecule has 1 radical (unpaired) electrons. The largest absolute Gasteiger partial charge is 2.00 e. The van der Waals surface area contributed by atoms with Crippen molar-refractivity contribution in [3.8, 4) is 0 Å². The molecule has 0 aromatic rings. The fraction of sp³-hybridized carbons (Fsp3) is 0. The van der Waals surface area contributed by atoms with Crippen molar-refractivity contribution in [1.29, 1.82) is 0 Å². The summed E-state index contributed by atoms with van der Waals surface area (Å²) < 4.78 is 31.3. The van der Waals surface area contributed by atoms with Crippen molar-refractivity contribution in [1.82, 2.24) is 0 Å². The summed E-state index contributed by atoms with van der Waals surface area (Å²) in [5.41, 5.74) is 0. The van der Waals surface area contributed by atoms with Crippen LogP contribution in [-0.4, -0.2) is 84.8 Å². The second-order valence-electron chi connectivity index (χ2n) is 0.211. The van der Waals surface area contributed by atoms with E-state index in [-0.39, 0.29) is 97.7 Å². The molecule has 0 amide bonds. The van der Waals surface area contributed by atoms with Crippen molar-refractivity contribution < 1.29 is 68.2 Å². The van der Waals surface area contributed by atoms with Crippen molar-refractivity contribution in [3.05, 3.63) is 0 Å². The molecular formula is H4Al2EuO4Sr. The number of hydrogen-bond acceptors (Lipinski definition) is 2. The van der Waals surface area contributed by atoms with Gasteiger partial charge in [-0.15, -0.1) is 0 Å². The summed E-state index contributed by atoms with van der Waals surface area (Å²) in [6.07, 6.45) is 0. The van der Waals surface area contributed by atoms with Crippen LogP contribution in [0.4, 0.5) is 0 Å². The molecule has 0 unspecified atom stereocenters. The van der Waals surface area contributed by atoms with E-state index in [0.717, 1.165) is 0 Å². The summed E-state index contributed by atoms with van der Waals surface area (Å²) in [5, 5.41) is 0. The molecular weight excluding hydrogens is 358 g/mol. The Balaban J connectivity index is -0.00000000571. The monoisotopic (exact) mass is 363 g/mol. The quantitative estimate of drug-likeness (QED) is 0.477. The molecule has 0 aromatic carbocycles. The third kappa shape index (κ3) is 58.4. The predicted molar refractivity (Wildman–Crippen MR) is 25.3 cm³/mol. The van der Waals surface area contributed by atoms with E-state index in [2.05, 4.69) is 0 Å². The van der Waals surface area contributed by atoms with Crippen LogP contribution in [0.3, 0.4) is 0 Å². The molecule has 8 heavy (non-hydrogen) atoms. The van der Waals surface area contributed by atoms with Crippen LogP contribution >= 0.6 is 0 Å². The molecule has 0 saturated heterocycles. The zero-order valence-electron chi connectivity index (χ0n) is 5.95. The molecule has 0 bridgehead atoms. The predicted octanol–water partition coefficient (Wildman–Crippen LogP) is -2.27. The van der Waals surface area contributed by atoms with E-state index in [1.54, 1.807) is 0 Å². The molecule has 0 atom stereocenters. The Morgan fingerprint density at radius 2 is 1.12 bits per heavy atom. The van der Waals surface area contributed by atoms with Crippen molar-refractivity contribution in [3.63, 3.8) is 0 Å². The second-order valence-corrected chi connectivity index (χ2v) is 0.632. The van der Waals surface area contributed by atoms with E-state index < -0.39 is 31.0 Å². The molecule has 0 aliphatic heterocycles. The minimum absolute atomic E-state index is 0. The summed E-state index contributed by atoms with van der Waals surface area (Å²) in [5.74, 6) is 0. The van der Waals surface area contributed by atoms with E-state index >= 15 is 0 Å². The first-order valence-corrected chi connectivity index (χ1v) is 2.96. The van der Waals surface area contributed by atoms with Crippen LogP contribution in [0.1, 0.15) is 2.85 Å². The minimum atomic E-state index is -1.50. The molecule has 0 rings (SSSR count). The Hall–Kier alpha value is 3.33. The van der Waals surface area contributed by atoms with Gasteiger partial charge in [0.25, 0.3) is 0 Å². The topological polar surface area (TPSA) is 74.6 Å². The molecule has 2 N–H and O–H groups in total. The molecule has 8 heteroatoms. The van der Waals surface area contributed by atoms with Gasteiger partial charge in [-0.05, 0) is 0 Å². The van der Waals surface area contributed by atoms with Gasteiger partial charge in [-0.1, -0.05) is 0 Å². The first-order valence-electron chi connectivity index (χ1n) is 0.988.